The van der Waals surface area contributed by atoms with Gasteiger partial charge in [-0.2, -0.15) is 0 Å². The Bertz CT molecular complexity index is 1340. The number of benzene rings is 3. The second-order valence-electron chi connectivity index (χ2n) is 9.84. The zero-order valence-corrected chi connectivity index (χ0v) is 23.9. The molecule has 3 aromatic rings. The summed E-state index contributed by atoms with van der Waals surface area (Å²) in [6, 6.07) is 21.3. The Morgan fingerprint density at radius 3 is 2.08 bits per heavy atom. The molecule has 0 saturated heterocycles. The number of anilines is 1. The standard InChI is InChI=1S/C30H37N3O5S/c1-22(2)19-31-30(35)24(4)32(20-25-13-15-27(38-5)16-14-25)29(34)21-33(26-9-7-6-8-10-26)39(36,37)28-17-11-23(3)12-18-28/h6-18,22,24H,19-21H2,1-5H3,(H,31,35)/t24-/m0/s1. The highest BCUT2D eigenvalue weighted by Gasteiger charge is 2.32. The van der Waals surface area contributed by atoms with E-state index in [0.717, 1.165) is 15.4 Å². The number of carbonyl (C=O) groups is 2. The Morgan fingerprint density at radius 2 is 1.51 bits per heavy atom. The highest BCUT2D eigenvalue weighted by Crippen LogP contribution is 2.25. The molecule has 0 aliphatic rings. The Kier molecular flexibility index (Phi) is 10.1. The molecule has 0 spiro atoms. The second-order valence-corrected chi connectivity index (χ2v) is 11.7. The van der Waals surface area contributed by atoms with Crippen LogP contribution in [0, 0.1) is 12.8 Å². The number of methoxy groups -OCH3 is 1. The van der Waals surface area contributed by atoms with Crippen molar-refractivity contribution in [3.63, 3.8) is 0 Å². The molecule has 0 fully saturated rings. The third-order valence-corrected chi connectivity index (χ3v) is 8.08. The van der Waals surface area contributed by atoms with Gasteiger partial charge in [0.2, 0.25) is 11.8 Å². The van der Waals surface area contributed by atoms with Crippen LogP contribution in [0.3, 0.4) is 0 Å². The van der Waals surface area contributed by atoms with Crippen LogP contribution in [0.5, 0.6) is 5.75 Å². The Hall–Kier alpha value is -3.85. The van der Waals surface area contributed by atoms with Crippen LogP contribution in [0.25, 0.3) is 0 Å². The van der Waals surface area contributed by atoms with Gasteiger partial charge in [0.25, 0.3) is 10.0 Å². The molecule has 0 bridgehead atoms. The zero-order chi connectivity index (χ0) is 28.6. The van der Waals surface area contributed by atoms with Crippen molar-refractivity contribution in [2.75, 3.05) is 24.5 Å². The van der Waals surface area contributed by atoms with Gasteiger partial charge in [-0.15, -0.1) is 0 Å². The first-order valence-electron chi connectivity index (χ1n) is 12.9. The van der Waals surface area contributed by atoms with E-state index in [1.54, 1.807) is 68.6 Å². The minimum Gasteiger partial charge on any atom is -0.497 e. The van der Waals surface area contributed by atoms with E-state index in [9.17, 15) is 18.0 Å². The van der Waals surface area contributed by atoms with Gasteiger partial charge in [-0.05, 0) is 61.7 Å². The van der Waals surface area contributed by atoms with Crippen molar-refractivity contribution in [2.45, 2.75) is 45.2 Å². The molecule has 0 heterocycles. The monoisotopic (exact) mass is 551 g/mol. The summed E-state index contributed by atoms with van der Waals surface area (Å²) in [5.74, 6) is 0.0923. The summed E-state index contributed by atoms with van der Waals surface area (Å²) in [6.07, 6.45) is 0. The molecule has 1 atom stereocenters. The Balaban J connectivity index is 1.97. The first-order chi connectivity index (χ1) is 18.5. The number of hydrogen-bond acceptors (Lipinski definition) is 5. The fraction of sp³-hybridized carbons (Fsp3) is 0.333. The lowest BCUT2D eigenvalue weighted by molar-refractivity contribution is -0.139. The number of nitrogens with one attached hydrogen (secondary N) is 1. The van der Waals surface area contributed by atoms with Crippen LogP contribution in [0.1, 0.15) is 31.9 Å². The van der Waals surface area contributed by atoms with E-state index in [4.69, 9.17) is 4.74 Å². The number of carbonyl (C=O) groups excluding carboxylic acids is 2. The minimum absolute atomic E-state index is 0.0779. The SMILES string of the molecule is COc1ccc(CN(C(=O)CN(c2ccccc2)S(=O)(=O)c2ccc(C)cc2)[C@@H](C)C(=O)NCC(C)C)cc1. The van der Waals surface area contributed by atoms with E-state index in [0.29, 0.717) is 18.0 Å². The molecule has 1 N–H and O–H groups in total. The molecule has 0 aliphatic heterocycles. The second kappa shape index (κ2) is 13.3. The van der Waals surface area contributed by atoms with Gasteiger partial charge in [-0.1, -0.05) is 61.9 Å². The van der Waals surface area contributed by atoms with Crippen molar-refractivity contribution >= 4 is 27.5 Å². The maximum absolute atomic E-state index is 13.9. The summed E-state index contributed by atoms with van der Waals surface area (Å²) in [4.78, 5) is 28.4. The van der Waals surface area contributed by atoms with Crippen molar-refractivity contribution in [1.29, 1.82) is 0 Å². The fourth-order valence-corrected chi connectivity index (χ4v) is 5.34. The van der Waals surface area contributed by atoms with Gasteiger partial charge in [-0.25, -0.2) is 8.42 Å². The maximum atomic E-state index is 13.9. The van der Waals surface area contributed by atoms with Crippen LogP contribution in [0.4, 0.5) is 5.69 Å². The van der Waals surface area contributed by atoms with Crippen LogP contribution in [0.2, 0.25) is 0 Å². The summed E-state index contributed by atoms with van der Waals surface area (Å²) in [5, 5.41) is 2.88. The largest absolute Gasteiger partial charge is 0.497 e. The van der Waals surface area contributed by atoms with E-state index in [2.05, 4.69) is 5.32 Å². The predicted molar refractivity (Wildman–Crippen MR) is 153 cm³/mol. The molecule has 0 aromatic heterocycles. The van der Waals surface area contributed by atoms with Gasteiger partial charge in [0, 0.05) is 13.1 Å². The first-order valence-corrected chi connectivity index (χ1v) is 14.3. The van der Waals surface area contributed by atoms with Gasteiger partial charge in [0.15, 0.2) is 0 Å². The van der Waals surface area contributed by atoms with Crippen molar-refractivity contribution in [1.82, 2.24) is 10.2 Å². The summed E-state index contributed by atoms with van der Waals surface area (Å²) in [5.41, 5.74) is 2.05. The molecule has 0 aliphatic carbocycles. The molecular weight excluding hydrogens is 514 g/mol. The number of hydrogen-bond donors (Lipinski definition) is 1. The average Bonchev–Trinajstić information content (AvgIpc) is 2.93. The Labute approximate surface area is 231 Å². The van der Waals surface area contributed by atoms with Gasteiger partial charge in [0.1, 0.15) is 18.3 Å². The molecule has 0 unspecified atom stereocenters. The Morgan fingerprint density at radius 1 is 0.897 bits per heavy atom. The van der Waals surface area contributed by atoms with E-state index in [1.165, 1.54) is 17.0 Å². The molecule has 9 heteroatoms. The van der Waals surface area contributed by atoms with Crippen molar-refractivity contribution in [3.05, 3.63) is 90.0 Å². The average molecular weight is 552 g/mol. The van der Waals surface area contributed by atoms with Gasteiger partial charge in [-0.3, -0.25) is 13.9 Å². The number of para-hydroxylation sites is 1. The van der Waals surface area contributed by atoms with E-state index < -0.39 is 28.5 Å². The zero-order valence-electron chi connectivity index (χ0n) is 23.1. The third kappa shape index (κ3) is 7.83. The molecule has 39 heavy (non-hydrogen) atoms. The third-order valence-electron chi connectivity index (χ3n) is 6.30. The molecule has 0 saturated carbocycles. The summed E-state index contributed by atoms with van der Waals surface area (Å²) in [7, 11) is -2.51. The van der Waals surface area contributed by atoms with E-state index >= 15 is 0 Å². The molecule has 8 nitrogen and oxygen atoms in total. The van der Waals surface area contributed by atoms with Crippen molar-refractivity contribution < 1.29 is 22.7 Å². The lowest BCUT2D eigenvalue weighted by atomic mass is 10.1. The quantitative estimate of drug-likeness (QED) is 0.360. The van der Waals surface area contributed by atoms with Gasteiger partial charge >= 0.3 is 0 Å². The number of nitrogens with zero attached hydrogens (tertiary/aromatic N) is 2. The molecular formula is C30H37N3O5S. The number of aryl methyl sites for hydroxylation is 1. The maximum Gasteiger partial charge on any atom is 0.264 e. The molecule has 3 aromatic carbocycles. The van der Waals surface area contributed by atoms with Crippen LogP contribution < -0.4 is 14.4 Å². The molecule has 0 radical (unpaired) electrons. The smallest absolute Gasteiger partial charge is 0.264 e. The first kappa shape index (κ1) is 29.7. The summed E-state index contributed by atoms with van der Waals surface area (Å²) >= 11 is 0. The van der Waals surface area contributed by atoms with Crippen LogP contribution >= 0.6 is 0 Å². The fourth-order valence-electron chi connectivity index (χ4n) is 3.92. The highest BCUT2D eigenvalue weighted by molar-refractivity contribution is 7.92. The van der Waals surface area contributed by atoms with Gasteiger partial charge < -0.3 is 15.0 Å². The topological polar surface area (TPSA) is 96.0 Å². The van der Waals surface area contributed by atoms with E-state index in [1.807, 2.05) is 32.9 Å². The number of rotatable bonds is 12. The summed E-state index contributed by atoms with van der Waals surface area (Å²) < 4.78 is 33.9. The minimum atomic E-state index is -4.08. The van der Waals surface area contributed by atoms with Crippen molar-refractivity contribution in [3.8, 4) is 5.75 Å². The lowest BCUT2D eigenvalue weighted by Crippen LogP contribution is -2.51. The highest BCUT2D eigenvalue weighted by atomic mass is 32.2. The van der Waals surface area contributed by atoms with Crippen molar-refractivity contribution in [2.24, 2.45) is 5.92 Å². The lowest BCUT2D eigenvalue weighted by Gasteiger charge is -2.32. The van der Waals surface area contributed by atoms with Crippen LogP contribution in [0.15, 0.2) is 83.8 Å². The predicted octanol–water partition coefficient (Wildman–Crippen LogP) is 4.39. The normalized spacial score (nSPS) is 12.1. The van der Waals surface area contributed by atoms with Crippen LogP contribution in [-0.4, -0.2) is 51.4 Å². The van der Waals surface area contributed by atoms with Crippen LogP contribution in [-0.2, 0) is 26.2 Å². The summed E-state index contributed by atoms with van der Waals surface area (Å²) in [6.45, 7) is 7.60. The molecule has 3 rings (SSSR count). The van der Waals surface area contributed by atoms with E-state index in [-0.39, 0.29) is 23.3 Å². The van der Waals surface area contributed by atoms with Gasteiger partial charge in [0.05, 0.1) is 17.7 Å². The molecule has 208 valence electrons. The molecule has 2 amide bonds. The number of sulfonamides is 1. The number of amides is 2. The number of ether oxygens (including phenoxy) is 1.